The van der Waals surface area contributed by atoms with E-state index < -0.39 is 5.69 Å². The Morgan fingerprint density at radius 1 is 1.03 bits per heavy atom. The van der Waals surface area contributed by atoms with Crippen LogP contribution < -0.4 is 21.3 Å². The summed E-state index contributed by atoms with van der Waals surface area (Å²) in [5, 5.41) is 7.62. The molecule has 1 aliphatic carbocycles. The molecule has 1 amide bonds. The number of amides is 1. The number of methoxy groups -OCH3 is 1. The number of hydrogen-bond acceptors (Lipinski definition) is 6. The minimum atomic E-state index is -0.572. The maximum Gasteiger partial charge on any atom is 0.352 e. The Kier molecular flexibility index (Phi) is 6.17. The predicted octanol–water partition coefficient (Wildman–Crippen LogP) is 2.30. The first-order valence-electron chi connectivity index (χ1n) is 12.0. The van der Waals surface area contributed by atoms with E-state index >= 15 is 0 Å². The van der Waals surface area contributed by atoms with E-state index in [2.05, 4.69) is 10.4 Å². The quantitative estimate of drug-likeness (QED) is 0.416. The van der Waals surface area contributed by atoms with E-state index in [9.17, 15) is 19.2 Å². The molecule has 10 heteroatoms. The molecule has 1 saturated carbocycles. The Morgan fingerprint density at radius 3 is 2.42 bits per heavy atom. The number of rotatable bonds is 6. The molecule has 0 bridgehead atoms. The number of aromatic nitrogens is 4. The monoisotopic (exact) mass is 489 g/mol. The summed E-state index contributed by atoms with van der Waals surface area (Å²) in [7, 11) is 3.05. The number of carbonyl (C=O) groups excluding carboxylic acids is 2. The number of aryl methyl sites for hydroxylation is 1. The molecule has 5 rings (SSSR count). The van der Waals surface area contributed by atoms with Gasteiger partial charge in [-0.05, 0) is 55.3 Å². The molecule has 36 heavy (non-hydrogen) atoms. The Morgan fingerprint density at radius 2 is 1.72 bits per heavy atom. The van der Waals surface area contributed by atoms with Crippen molar-refractivity contribution in [2.24, 2.45) is 7.05 Å². The Balaban J connectivity index is 1.54. The maximum atomic E-state index is 13.3. The number of hydrogen-bond donors (Lipinski definition) is 1. The molecule has 2 aromatic heterocycles. The molecule has 0 saturated heterocycles. The Hall–Kier alpha value is -4.21. The van der Waals surface area contributed by atoms with E-state index in [4.69, 9.17) is 4.74 Å². The zero-order chi connectivity index (χ0) is 25.4. The van der Waals surface area contributed by atoms with Gasteiger partial charge in [-0.3, -0.25) is 19.0 Å². The van der Waals surface area contributed by atoms with Gasteiger partial charge in [-0.25, -0.2) is 13.9 Å². The molecule has 2 aromatic carbocycles. The van der Waals surface area contributed by atoms with Gasteiger partial charge in [-0.2, -0.15) is 0 Å². The summed E-state index contributed by atoms with van der Waals surface area (Å²) in [6.45, 7) is -0.301. The second-order valence-electron chi connectivity index (χ2n) is 9.13. The minimum Gasteiger partial charge on any atom is -0.497 e. The van der Waals surface area contributed by atoms with Crippen LogP contribution in [0.25, 0.3) is 16.7 Å². The van der Waals surface area contributed by atoms with Gasteiger partial charge in [0.1, 0.15) is 12.3 Å². The highest BCUT2D eigenvalue weighted by Gasteiger charge is 2.21. The molecule has 0 aliphatic heterocycles. The van der Waals surface area contributed by atoms with Crippen molar-refractivity contribution in [3.8, 4) is 5.75 Å². The number of carbonyl (C=O) groups is 2. The second kappa shape index (κ2) is 9.44. The highest BCUT2D eigenvalue weighted by Crippen LogP contribution is 2.19. The number of Topliss-reactive ketones (excluding diaryl/α,β-unsaturated/α-hetero) is 1. The summed E-state index contributed by atoms with van der Waals surface area (Å²) in [4.78, 5) is 52.1. The van der Waals surface area contributed by atoms with Crippen molar-refractivity contribution in [3.05, 3.63) is 74.4 Å². The fourth-order valence-corrected chi connectivity index (χ4v) is 4.76. The third kappa shape index (κ3) is 4.19. The van der Waals surface area contributed by atoms with Crippen LogP contribution >= 0.6 is 0 Å². The molecule has 0 unspecified atom stereocenters. The molecule has 2 heterocycles. The van der Waals surface area contributed by atoms with E-state index in [1.165, 1.54) is 29.5 Å². The third-order valence-electron chi connectivity index (χ3n) is 6.80. The second-order valence-corrected chi connectivity index (χ2v) is 9.13. The molecular formula is C26H27N5O5. The van der Waals surface area contributed by atoms with Crippen LogP contribution in [0.3, 0.4) is 0 Å². The van der Waals surface area contributed by atoms with Gasteiger partial charge in [0.05, 0.1) is 18.0 Å². The van der Waals surface area contributed by atoms with E-state index in [1.54, 1.807) is 42.5 Å². The molecule has 0 spiro atoms. The first-order valence-corrected chi connectivity index (χ1v) is 12.0. The number of ether oxygens (including phenoxy) is 1. The fraction of sp³-hybridized carbons (Fsp3) is 0.346. The lowest BCUT2D eigenvalue weighted by Crippen LogP contribution is -2.36. The highest BCUT2D eigenvalue weighted by molar-refractivity contribution is 5.98. The summed E-state index contributed by atoms with van der Waals surface area (Å²) in [5.74, 6) is 0.142. The topological polar surface area (TPSA) is 117 Å². The number of nitrogens with one attached hydrogen (secondary N) is 1. The zero-order valence-corrected chi connectivity index (χ0v) is 20.2. The van der Waals surface area contributed by atoms with E-state index in [-0.39, 0.29) is 46.5 Å². The fourth-order valence-electron chi connectivity index (χ4n) is 4.76. The van der Waals surface area contributed by atoms with Gasteiger partial charge >= 0.3 is 5.69 Å². The van der Waals surface area contributed by atoms with Crippen LogP contribution in [-0.2, 0) is 13.6 Å². The van der Waals surface area contributed by atoms with Crippen molar-refractivity contribution in [2.45, 2.75) is 44.7 Å². The summed E-state index contributed by atoms with van der Waals surface area (Å²) >= 11 is 0. The average Bonchev–Trinajstić information content (AvgIpc) is 3.23. The molecule has 0 radical (unpaired) electrons. The summed E-state index contributed by atoms with van der Waals surface area (Å²) < 4.78 is 8.69. The van der Waals surface area contributed by atoms with Crippen molar-refractivity contribution in [2.75, 3.05) is 7.11 Å². The van der Waals surface area contributed by atoms with Crippen molar-refractivity contribution < 1.29 is 14.3 Å². The largest absolute Gasteiger partial charge is 0.497 e. The molecule has 186 valence electrons. The Bertz CT molecular complexity index is 1590. The van der Waals surface area contributed by atoms with Crippen LogP contribution in [0.1, 0.15) is 52.8 Å². The Labute approximate surface area is 206 Å². The number of benzene rings is 2. The predicted molar refractivity (Wildman–Crippen MR) is 134 cm³/mol. The molecule has 10 nitrogen and oxygen atoms in total. The molecule has 4 aromatic rings. The molecule has 1 fully saturated rings. The van der Waals surface area contributed by atoms with Crippen LogP contribution in [0.5, 0.6) is 5.75 Å². The van der Waals surface area contributed by atoms with Crippen LogP contribution in [-0.4, -0.2) is 43.6 Å². The normalized spacial score (nSPS) is 14.3. The smallest absolute Gasteiger partial charge is 0.352 e. The summed E-state index contributed by atoms with van der Waals surface area (Å²) in [6, 6.07) is 11.4. The lowest BCUT2D eigenvalue weighted by molar-refractivity contribution is 0.0926. The lowest BCUT2D eigenvalue weighted by Gasteiger charge is -2.22. The molecular weight excluding hydrogens is 462 g/mol. The van der Waals surface area contributed by atoms with Crippen LogP contribution in [0, 0.1) is 0 Å². The van der Waals surface area contributed by atoms with Crippen molar-refractivity contribution >= 4 is 28.4 Å². The number of nitrogens with zero attached hydrogens (tertiary/aromatic N) is 4. The molecule has 0 atom stereocenters. The van der Waals surface area contributed by atoms with Crippen molar-refractivity contribution in [1.82, 2.24) is 24.1 Å². The number of ketones is 1. The molecule has 1 aliphatic rings. The van der Waals surface area contributed by atoms with Gasteiger partial charge in [0, 0.05) is 24.2 Å². The first kappa shape index (κ1) is 23.5. The van der Waals surface area contributed by atoms with Gasteiger partial charge in [0.2, 0.25) is 5.78 Å². The van der Waals surface area contributed by atoms with Crippen LogP contribution in [0.15, 0.2) is 52.1 Å². The standard InChI is InChI=1S/C26H27N5O5/c1-29-24(34)20-13-10-17(23(33)27-18-6-4-3-5-7-18)14-21(20)31-25(29)28-30(26(31)35)15-22(32)16-8-11-19(36-2)12-9-16/h8-14,18H,3-7,15H2,1-2H3,(H,27,33). The third-order valence-corrected chi connectivity index (χ3v) is 6.80. The van der Waals surface area contributed by atoms with E-state index in [0.29, 0.717) is 16.9 Å². The van der Waals surface area contributed by atoms with Crippen LogP contribution in [0.4, 0.5) is 0 Å². The summed E-state index contributed by atoms with van der Waals surface area (Å²) in [6.07, 6.45) is 5.24. The lowest BCUT2D eigenvalue weighted by atomic mass is 9.95. The minimum absolute atomic E-state index is 0.0878. The number of fused-ring (bicyclic) bond motifs is 3. The zero-order valence-electron chi connectivity index (χ0n) is 20.2. The first-order chi connectivity index (χ1) is 17.4. The summed E-state index contributed by atoms with van der Waals surface area (Å²) in [5.41, 5.74) is 0.113. The SMILES string of the molecule is COc1ccc(C(=O)Cn2nc3n(C)c(=O)c4ccc(C(=O)NC5CCCCC5)cc4n3c2=O)cc1. The van der Waals surface area contributed by atoms with Crippen molar-refractivity contribution in [3.63, 3.8) is 0 Å². The van der Waals surface area contributed by atoms with Gasteiger partial charge in [-0.15, -0.1) is 5.10 Å². The van der Waals surface area contributed by atoms with E-state index in [1.807, 2.05) is 0 Å². The highest BCUT2D eigenvalue weighted by atomic mass is 16.5. The van der Waals surface area contributed by atoms with E-state index in [0.717, 1.165) is 30.4 Å². The van der Waals surface area contributed by atoms with Crippen LogP contribution in [0.2, 0.25) is 0 Å². The van der Waals surface area contributed by atoms with Gasteiger partial charge in [0.25, 0.3) is 11.5 Å². The van der Waals surface area contributed by atoms with Gasteiger partial charge in [0.15, 0.2) is 5.78 Å². The molecule has 1 N–H and O–H groups in total. The van der Waals surface area contributed by atoms with Gasteiger partial charge < -0.3 is 10.1 Å². The van der Waals surface area contributed by atoms with Crippen molar-refractivity contribution in [1.29, 1.82) is 0 Å². The maximum absolute atomic E-state index is 13.3. The average molecular weight is 490 g/mol. The van der Waals surface area contributed by atoms with Gasteiger partial charge in [-0.1, -0.05) is 19.3 Å².